The molecule has 2 heterocycles. The smallest absolute Gasteiger partial charge is 0.262 e. The van der Waals surface area contributed by atoms with Crippen molar-refractivity contribution >= 4 is 34.8 Å². The fraction of sp³-hybridized carbons (Fsp3) is 0.318. The molecule has 3 aromatic rings. The van der Waals surface area contributed by atoms with Crippen LogP contribution in [0.1, 0.15) is 30.7 Å². The Hall–Kier alpha value is -2.57. The first-order valence-corrected chi connectivity index (χ1v) is 10.7. The van der Waals surface area contributed by atoms with Crippen molar-refractivity contribution < 1.29 is 9.53 Å². The number of carbonyl (C=O) groups excluding carboxylic acids is 1. The summed E-state index contributed by atoms with van der Waals surface area (Å²) in [6.45, 7) is 2.68. The molecule has 0 fully saturated rings. The molecule has 0 bridgehead atoms. The molecule has 0 saturated heterocycles. The predicted octanol–water partition coefficient (Wildman–Crippen LogP) is 5.30. The maximum Gasteiger partial charge on any atom is 0.262 e. The van der Waals surface area contributed by atoms with Crippen LogP contribution in [0.5, 0.6) is 5.75 Å². The summed E-state index contributed by atoms with van der Waals surface area (Å²) >= 11 is 12.0. The van der Waals surface area contributed by atoms with Crippen molar-refractivity contribution in [2.75, 3.05) is 11.9 Å². The third-order valence-electron chi connectivity index (χ3n) is 5.13. The number of aromatic nitrogens is 3. The van der Waals surface area contributed by atoms with Gasteiger partial charge in [0, 0.05) is 35.3 Å². The highest BCUT2D eigenvalue weighted by molar-refractivity contribution is 6.34. The molecule has 0 aliphatic carbocycles. The van der Waals surface area contributed by atoms with Crippen molar-refractivity contribution in [2.45, 2.75) is 39.2 Å². The molecule has 1 aliphatic heterocycles. The van der Waals surface area contributed by atoms with Gasteiger partial charge >= 0.3 is 0 Å². The first-order chi connectivity index (χ1) is 14.5. The van der Waals surface area contributed by atoms with E-state index in [9.17, 15) is 4.79 Å². The maximum atomic E-state index is 12.5. The molecular formula is C22H22Cl2N4O2. The molecule has 0 saturated carbocycles. The van der Waals surface area contributed by atoms with Crippen LogP contribution in [-0.4, -0.2) is 27.3 Å². The summed E-state index contributed by atoms with van der Waals surface area (Å²) in [5.74, 6) is 1.95. The molecule has 0 atom stereocenters. The molecule has 2 aromatic carbocycles. The van der Waals surface area contributed by atoms with Crippen LogP contribution in [0.4, 0.5) is 5.69 Å². The Morgan fingerprint density at radius 2 is 2.00 bits per heavy atom. The number of anilines is 1. The normalized spacial score (nSPS) is 13.4. The Kier molecular flexibility index (Phi) is 6.25. The van der Waals surface area contributed by atoms with Crippen molar-refractivity contribution in [3.8, 4) is 17.1 Å². The Morgan fingerprint density at radius 3 is 2.87 bits per heavy atom. The van der Waals surface area contributed by atoms with E-state index in [-0.39, 0.29) is 12.5 Å². The molecule has 8 heteroatoms. The highest BCUT2D eigenvalue weighted by atomic mass is 35.5. The fourth-order valence-electron chi connectivity index (χ4n) is 3.51. The van der Waals surface area contributed by atoms with E-state index in [0.717, 1.165) is 48.6 Å². The van der Waals surface area contributed by atoms with E-state index >= 15 is 0 Å². The van der Waals surface area contributed by atoms with E-state index in [4.69, 9.17) is 27.9 Å². The van der Waals surface area contributed by atoms with Crippen LogP contribution in [0.2, 0.25) is 10.0 Å². The lowest BCUT2D eigenvalue weighted by atomic mass is 10.1. The Labute approximate surface area is 185 Å². The van der Waals surface area contributed by atoms with E-state index in [0.29, 0.717) is 21.5 Å². The first kappa shape index (κ1) is 20.7. The molecule has 6 nitrogen and oxygen atoms in total. The predicted molar refractivity (Wildman–Crippen MR) is 118 cm³/mol. The van der Waals surface area contributed by atoms with Gasteiger partial charge in [-0.3, -0.25) is 4.79 Å². The number of ether oxygens (including phenoxy) is 1. The summed E-state index contributed by atoms with van der Waals surface area (Å²) in [6.07, 6.45) is 4.42. The van der Waals surface area contributed by atoms with Gasteiger partial charge in [-0.1, -0.05) is 41.8 Å². The number of benzene rings is 2. The molecule has 0 spiro atoms. The zero-order valence-corrected chi connectivity index (χ0v) is 18.1. The van der Waals surface area contributed by atoms with E-state index in [1.54, 1.807) is 18.2 Å². The molecule has 1 aromatic heterocycles. The molecule has 1 N–H and O–H groups in total. The highest BCUT2D eigenvalue weighted by Crippen LogP contribution is 2.29. The average Bonchev–Trinajstić information content (AvgIpc) is 2.98. The number of nitrogens with one attached hydrogen (secondary N) is 1. The summed E-state index contributed by atoms with van der Waals surface area (Å²) < 4.78 is 7.72. The lowest BCUT2D eigenvalue weighted by Crippen LogP contribution is -2.20. The van der Waals surface area contributed by atoms with Crippen LogP contribution in [0.15, 0.2) is 36.4 Å². The van der Waals surface area contributed by atoms with Crippen LogP contribution in [0.25, 0.3) is 11.4 Å². The second-order valence-electron chi connectivity index (χ2n) is 7.34. The molecule has 4 rings (SSSR count). The number of aryl methyl sites for hydroxylation is 2. The standard InChI is InChI=1S/C22H22Cl2N4O2/c1-14-6-7-15(22-27-26-20-5-3-2-4-10-28(20)22)11-18(14)25-21(29)13-30-19-12-16(23)8-9-17(19)24/h6-9,11-12H,2-5,10,13H2,1H3,(H,25,29). The van der Waals surface area contributed by atoms with Gasteiger partial charge in [0.15, 0.2) is 12.4 Å². The van der Waals surface area contributed by atoms with Gasteiger partial charge in [-0.15, -0.1) is 10.2 Å². The van der Waals surface area contributed by atoms with Crippen molar-refractivity contribution in [1.82, 2.24) is 14.8 Å². The van der Waals surface area contributed by atoms with Gasteiger partial charge in [0.05, 0.1) is 5.02 Å². The SMILES string of the molecule is Cc1ccc(-c2nnc3n2CCCCC3)cc1NC(=O)COc1cc(Cl)ccc1Cl. The quantitative estimate of drug-likeness (QED) is 0.579. The number of hydrogen-bond donors (Lipinski definition) is 1. The van der Waals surface area contributed by atoms with Crippen molar-refractivity contribution in [3.63, 3.8) is 0 Å². The number of nitrogens with zero attached hydrogens (tertiary/aromatic N) is 3. The first-order valence-electron chi connectivity index (χ1n) is 9.92. The Bertz CT molecular complexity index is 1080. The van der Waals surface area contributed by atoms with Gasteiger partial charge in [0.25, 0.3) is 5.91 Å². The molecule has 1 amide bonds. The second kappa shape index (κ2) is 9.06. The second-order valence-corrected chi connectivity index (χ2v) is 8.19. The average molecular weight is 445 g/mol. The summed E-state index contributed by atoms with van der Waals surface area (Å²) in [6, 6.07) is 10.8. The number of carbonyl (C=O) groups is 1. The fourth-order valence-corrected chi connectivity index (χ4v) is 3.85. The molecule has 0 unspecified atom stereocenters. The van der Waals surface area contributed by atoms with Crippen LogP contribution in [0.3, 0.4) is 0 Å². The summed E-state index contributed by atoms with van der Waals surface area (Å²) in [7, 11) is 0. The van der Waals surface area contributed by atoms with E-state index in [1.807, 2.05) is 25.1 Å². The van der Waals surface area contributed by atoms with Gasteiger partial charge in [0.2, 0.25) is 0 Å². The van der Waals surface area contributed by atoms with Gasteiger partial charge in [-0.2, -0.15) is 0 Å². The van der Waals surface area contributed by atoms with Crippen molar-refractivity contribution in [1.29, 1.82) is 0 Å². The van der Waals surface area contributed by atoms with Gasteiger partial charge in [-0.25, -0.2) is 0 Å². The Balaban J connectivity index is 1.49. The van der Waals surface area contributed by atoms with Crippen LogP contribution in [-0.2, 0) is 17.8 Å². The van der Waals surface area contributed by atoms with Gasteiger partial charge in [-0.05, 0) is 43.5 Å². The zero-order valence-electron chi connectivity index (χ0n) is 16.6. The van der Waals surface area contributed by atoms with Crippen LogP contribution >= 0.6 is 23.2 Å². The van der Waals surface area contributed by atoms with Crippen molar-refractivity contribution in [2.24, 2.45) is 0 Å². The van der Waals surface area contributed by atoms with Crippen LogP contribution in [0, 0.1) is 6.92 Å². The number of halogens is 2. The minimum Gasteiger partial charge on any atom is -0.482 e. The summed E-state index contributed by atoms with van der Waals surface area (Å²) in [4.78, 5) is 12.5. The Morgan fingerprint density at radius 1 is 1.13 bits per heavy atom. The summed E-state index contributed by atoms with van der Waals surface area (Å²) in [5, 5.41) is 12.6. The summed E-state index contributed by atoms with van der Waals surface area (Å²) in [5.41, 5.74) is 2.59. The third kappa shape index (κ3) is 4.60. The molecular weight excluding hydrogens is 423 g/mol. The minimum absolute atomic E-state index is 0.177. The molecule has 30 heavy (non-hydrogen) atoms. The maximum absolute atomic E-state index is 12.5. The molecule has 156 valence electrons. The largest absolute Gasteiger partial charge is 0.482 e. The van der Waals surface area contributed by atoms with E-state index in [2.05, 4.69) is 20.1 Å². The molecule has 0 radical (unpaired) electrons. The van der Waals surface area contributed by atoms with Crippen molar-refractivity contribution in [3.05, 3.63) is 57.8 Å². The van der Waals surface area contributed by atoms with Gasteiger partial charge in [0.1, 0.15) is 11.6 Å². The van der Waals surface area contributed by atoms with Gasteiger partial charge < -0.3 is 14.6 Å². The number of amides is 1. The number of fused-ring (bicyclic) bond motifs is 1. The molecule has 1 aliphatic rings. The topological polar surface area (TPSA) is 69.0 Å². The van der Waals surface area contributed by atoms with Crippen LogP contribution < -0.4 is 10.1 Å². The zero-order chi connectivity index (χ0) is 21.1. The minimum atomic E-state index is -0.286. The number of rotatable bonds is 5. The number of hydrogen-bond acceptors (Lipinski definition) is 4. The van der Waals surface area contributed by atoms with E-state index in [1.165, 1.54) is 6.42 Å². The lowest BCUT2D eigenvalue weighted by Gasteiger charge is -2.13. The third-order valence-corrected chi connectivity index (χ3v) is 5.68. The monoisotopic (exact) mass is 444 g/mol. The van der Waals surface area contributed by atoms with E-state index < -0.39 is 0 Å². The lowest BCUT2D eigenvalue weighted by molar-refractivity contribution is -0.118. The highest BCUT2D eigenvalue weighted by Gasteiger charge is 2.17.